The van der Waals surface area contributed by atoms with E-state index in [1.54, 1.807) is 17.2 Å². The maximum Gasteiger partial charge on any atom is 0.259 e. The molecule has 118 valence electrons. The summed E-state index contributed by atoms with van der Waals surface area (Å²) in [5, 5.41) is 4.30. The van der Waals surface area contributed by atoms with Crippen LogP contribution in [0.4, 0.5) is 5.82 Å². The van der Waals surface area contributed by atoms with Crippen LogP contribution in [0.3, 0.4) is 0 Å². The predicted octanol–water partition coefficient (Wildman–Crippen LogP) is 3.59. The number of amides is 1. The van der Waals surface area contributed by atoms with Crippen molar-refractivity contribution < 1.29 is 4.79 Å². The van der Waals surface area contributed by atoms with Gasteiger partial charge in [0.1, 0.15) is 11.4 Å². The van der Waals surface area contributed by atoms with Gasteiger partial charge in [0, 0.05) is 30.7 Å². The van der Waals surface area contributed by atoms with E-state index in [1.165, 1.54) is 0 Å². The summed E-state index contributed by atoms with van der Waals surface area (Å²) in [6.45, 7) is 9.12. The van der Waals surface area contributed by atoms with Gasteiger partial charge in [-0.1, -0.05) is 11.6 Å². The predicted molar refractivity (Wildman–Crippen MR) is 90.6 cm³/mol. The zero-order chi connectivity index (χ0) is 16.3. The average Bonchev–Trinajstić information content (AvgIpc) is 2.48. The Labute approximate surface area is 135 Å². The summed E-state index contributed by atoms with van der Waals surface area (Å²) in [6, 6.07) is 3.75. The van der Waals surface area contributed by atoms with Crippen molar-refractivity contribution in [2.24, 2.45) is 0 Å². The van der Waals surface area contributed by atoms with Crippen molar-refractivity contribution in [1.82, 2.24) is 14.9 Å². The highest BCUT2D eigenvalue weighted by Gasteiger charge is 2.24. The lowest BCUT2D eigenvalue weighted by atomic mass is 10.1. The third-order valence-corrected chi connectivity index (χ3v) is 3.78. The van der Waals surface area contributed by atoms with Crippen LogP contribution in [0, 0.1) is 0 Å². The monoisotopic (exact) mass is 320 g/mol. The van der Waals surface area contributed by atoms with E-state index in [4.69, 9.17) is 11.6 Å². The van der Waals surface area contributed by atoms with Crippen molar-refractivity contribution in [2.45, 2.75) is 33.7 Å². The lowest BCUT2D eigenvalue weighted by Crippen LogP contribution is -2.32. The van der Waals surface area contributed by atoms with E-state index in [0.29, 0.717) is 40.5 Å². The van der Waals surface area contributed by atoms with Gasteiger partial charge >= 0.3 is 0 Å². The number of aromatic nitrogens is 2. The van der Waals surface area contributed by atoms with Crippen molar-refractivity contribution in [3.63, 3.8) is 0 Å². The van der Waals surface area contributed by atoms with Gasteiger partial charge in [0.25, 0.3) is 5.91 Å². The van der Waals surface area contributed by atoms with Crippen LogP contribution in [0.2, 0.25) is 5.02 Å². The molecule has 0 aliphatic rings. The molecule has 0 saturated carbocycles. The minimum absolute atomic E-state index is 0.114. The number of anilines is 1. The number of nitrogens with zero attached hydrogens (tertiary/aromatic N) is 3. The Balaban J connectivity index is 2.67. The topological polar surface area (TPSA) is 58.1 Å². The fourth-order valence-electron chi connectivity index (χ4n) is 2.30. The maximum atomic E-state index is 12.8. The van der Waals surface area contributed by atoms with E-state index < -0.39 is 0 Å². The van der Waals surface area contributed by atoms with Gasteiger partial charge in [-0.3, -0.25) is 4.79 Å². The van der Waals surface area contributed by atoms with E-state index in [2.05, 4.69) is 15.3 Å². The molecular formula is C16H21ClN4O. The van der Waals surface area contributed by atoms with Crippen molar-refractivity contribution in [1.29, 1.82) is 0 Å². The highest BCUT2D eigenvalue weighted by atomic mass is 35.5. The molecule has 2 heterocycles. The highest BCUT2D eigenvalue weighted by Crippen LogP contribution is 2.31. The van der Waals surface area contributed by atoms with Gasteiger partial charge in [-0.05, 0) is 39.8 Å². The number of pyridine rings is 2. The summed E-state index contributed by atoms with van der Waals surface area (Å²) in [4.78, 5) is 23.3. The molecule has 22 heavy (non-hydrogen) atoms. The molecule has 0 atom stereocenters. The summed E-state index contributed by atoms with van der Waals surface area (Å²) in [7, 11) is 0. The molecule has 0 aliphatic carbocycles. The SMILES string of the molecule is CCN(CC)C(=O)c1c(NC(C)C)nc2ncccc2c1Cl. The molecule has 0 unspecified atom stereocenters. The maximum absolute atomic E-state index is 12.8. The molecule has 0 saturated heterocycles. The van der Waals surface area contributed by atoms with E-state index in [-0.39, 0.29) is 11.9 Å². The number of carbonyl (C=O) groups excluding carboxylic acids is 1. The lowest BCUT2D eigenvalue weighted by molar-refractivity contribution is 0.0774. The van der Waals surface area contributed by atoms with Crippen molar-refractivity contribution in [2.75, 3.05) is 18.4 Å². The molecule has 0 radical (unpaired) electrons. The minimum Gasteiger partial charge on any atom is -0.367 e. The van der Waals surface area contributed by atoms with E-state index >= 15 is 0 Å². The van der Waals surface area contributed by atoms with Crippen LogP contribution in [-0.4, -0.2) is 39.9 Å². The largest absolute Gasteiger partial charge is 0.367 e. The number of rotatable bonds is 5. The Morgan fingerprint density at radius 1 is 1.36 bits per heavy atom. The van der Waals surface area contributed by atoms with Crippen LogP contribution >= 0.6 is 11.6 Å². The second kappa shape index (κ2) is 6.92. The number of hydrogen-bond donors (Lipinski definition) is 1. The van der Waals surface area contributed by atoms with Crippen molar-refractivity contribution in [3.05, 3.63) is 28.9 Å². The molecule has 2 rings (SSSR count). The molecule has 0 aromatic carbocycles. The number of carbonyl (C=O) groups is 1. The zero-order valence-electron chi connectivity index (χ0n) is 13.4. The van der Waals surface area contributed by atoms with Crippen LogP contribution in [0.1, 0.15) is 38.1 Å². The molecule has 2 aromatic heterocycles. The summed E-state index contributed by atoms with van der Waals surface area (Å²) < 4.78 is 0. The molecule has 6 heteroatoms. The standard InChI is InChI=1S/C16H21ClN4O/c1-5-21(6-2)16(22)12-13(17)11-8-7-9-18-14(11)20-15(12)19-10(3)4/h7-10H,5-6H2,1-4H3,(H,18,19,20). The van der Waals surface area contributed by atoms with Gasteiger partial charge < -0.3 is 10.2 Å². The molecule has 0 aliphatic heterocycles. The molecule has 1 N–H and O–H groups in total. The van der Waals surface area contributed by atoms with Gasteiger partial charge in [-0.25, -0.2) is 9.97 Å². The van der Waals surface area contributed by atoms with Crippen molar-refractivity contribution >= 4 is 34.4 Å². The highest BCUT2D eigenvalue weighted by molar-refractivity contribution is 6.39. The third kappa shape index (κ3) is 3.14. The quantitative estimate of drug-likeness (QED) is 0.914. The number of hydrogen-bond acceptors (Lipinski definition) is 4. The van der Waals surface area contributed by atoms with Gasteiger partial charge in [-0.15, -0.1) is 0 Å². The Bertz CT molecular complexity index is 683. The molecule has 1 amide bonds. The molecule has 0 fully saturated rings. The first-order valence-corrected chi connectivity index (χ1v) is 7.87. The Hall–Kier alpha value is -1.88. The number of halogens is 1. The first kappa shape index (κ1) is 16.5. The van der Waals surface area contributed by atoms with Crippen LogP contribution in [0.5, 0.6) is 0 Å². The van der Waals surface area contributed by atoms with Crippen molar-refractivity contribution in [3.8, 4) is 0 Å². The summed E-state index contributed by atoms with van der Waals surface area (Å²) in [5.41, 5.74) is 0.950. The summed E-state index contributed by atoms with van der Waals surface area (Å²) in [6.07, 6.45) is 1.66. The van der Waals surface area contributed by atoms with Crippen LogP contribution in [0.25, 0.3) is 11.0 Å². The van der Waals surface area contributed by atoms with Crippen LogP contribution in [-0.2, 0) is 0 Å². The summed E-state index contributed by atoms with van der Waals surface area (Å²) >= 11 is 6.52. The zero-order valence-corrected chi connectivity index (χ0v) is 14.1. The fourth-order valence-corrected chi connectivity index (χ4v) is 2.62. The average molecular weight is 321 g/mol. The van der Waals surface area contributed by atoms with E-state index in [9.17, 15) is 4.79 Å². The first-order chi connectivity index (χ1) is 10.5. The van der Waals surface area contributed by atoms with E-state index in [0.717, 1.165) is 0 Å². The van der Waals surface area contributed by atoms with Crippen LogP contribution < -0.4 is 5.32 Å². The Morgan fingerprint density at radius 2 is 2.05 bits per heavy atom. The molecule has 5 nitrogen and oxygen atoms in total. The second-order valence-electron chi connectivity index (χ2n) is 5.30. The summed E-state index contributed by atoms with van der Waals surface area (Å²) in [5.74, 6) is 0.375. The lowest BCUT2D eigenvalue weighted by Gasteiger charge is -2.22. The number of fused-ring (bicyclic) bond motifs is 1. The Kier molecular flexibility index (Phi) is 5.19. The number of nitrogens with one attached hydrogen (secondary N) is 1. The fraction of sp³-hybridized carbons (Fsp3) is 0.438. The van der Waals surface area contributed by atoms with Gasteiger partial charge in [0.05, 0.1) is 5.02 Å². The van der Waals surface area contributed by atoms with Gasteiger partial charge in [0.15, 0.2) is 5.65 Å². The minimum atomic E-state index is -0.114. The molecule has 0 spiro atoms. The van der Waals surface area contributed by atoms with Gasteiger partial charge in [-0.2, -0.15) is 0 Å². The molecular weight excluding hydrogens is 300 g/mol. The van der Waals surface area contributed by atoms with E-state index in [1.807, 2.05) is 33.8 Å². The molecule has 2 aromatic rings. The van der Waals surface area contributed by atoms with Crippen LogP contribution in [0.15, 0.2) is 18.3 Å². The Morgan fingerprint density at radius 3 is 2.64 bits per heavy atom. The van der Waals surface area contributed by atoms with Gasteiger partial charge in [0.2, 0.25) is 0 Å². The second-order valence-corrected chi connectivity index (χ2v) is 5.68. The third-order valence-electron chi connectivity index (χ3n) is 3.39. The smallest absolute Gasteiger partial charge is 0.259 e. The molecule has 0 bridgehead atoms. The normalized spacial score (nSPS) is 11.0. The first-order valence-electron chi connectivity index (χ1n) is 7.49.